The summed E-state index contributed by atoms with van der Waals surface area (Å²) in [7, 11) is 3.50. The number of amides is 1. The number of benzene rings is 2. The number of carbonyl (C=O) groups is 2. The highest BCUT2D eigenvalue weighted by Crippen LogP contribution is 2.67. The zero-order chi connectivity index (χ0) is 38.2. The quantitative estimate of drug-likeness (QED) is 0.240. The molecule has 54 heavy (non-hydrogen) atoms. The minimum atomic E-state index is -2.28. The number of methoxy groups -OCH3 is 1. The molecule has 3 fully saturated rings. The van der Waals surface area contributed by atoms with Gasteiger partial charge in [-0.15, -0.1) is 0 Å². The van der Waals surface area contributed by atoms with E-state index < -0.39 is 45.5 Å². The number of hydrogen-bond acceptors (Lipinski definition) is 9. The molecule has 288 valence electrons. The van der Waals surface area contributed by atoms with Crippen LogP contribution < -0.4 is 15.4 Å². The molecule has 9 rings (SSSR count). The molecule has 10 atom stereocenters. The second-order valence-electron chi connectivity index (χ2n) is 17.6. The molecule has 1 amide bonds. The molecular formula is C43H55N5O6. The second kappa shape index (κ2) is 11.9. The molecule has 2 bridgehead atoms. The highest BCUT2D eigenvalue weighted by Gasteiger charge is 2.78. The van der Waals surface area contributed by atoms with Crippen LogP contribution in [0.4, 0.5) is 5.69 Å². The van der Waals surface area contributed by atoms with Crippen LogP contribution in [0.1, 0.15) is 75.3 Å². The number of ketones is 1. The third-order valence-electron chi connectivity index (χ3n) is 15.3. The maximum atomic E-state index is 15.1. The molecule has 5 aliphatic heterocycles. The normalized spacial score (nSPS) is 39.6. The number of carbonyl (C=O) groups excluding carboxylic acids is 2. The minimum absolute atomic E-state index is 0.000478. The van der Waals surface area contributed by atoms with Crippen LogP contribution in [0.25, 0.3) is 10.9 Å². The van der Waals surface area contributed by atoms with Crippen LogP contribution in [0, 0.1) is 11.3 Å². The highest BCUT2D eigenvalue weighted by atomic mass is 16.5. The number of Topliss-reactive ketones (excluding diaryl/α,β-unsaturated/α-hetero) is 1. The van der Waals surface area contributed by atoms with Crippen molar-refractivity contribution in [2.45, 2.75) is 99.5 Å². The average molecular weight is 738 g/mol. The van der Waals surface area contributed by atoms with E-state index in [0.29, 0.717) is 63.9 Å². The van der Waals surface area contributed by atoms with E-state index in [4.69, 9.17) is 10.5 Å². The van der Waals surface area contributed by atoms with Crippen molar-refractivity contribution in [1.29, 1.82) is 0 Å². The number of H-pyrrole nitrogens is 1. The number of nitrogens with zero attached hydrogens (tertiary/aromatic N) is 3. The predicted octanol–water partition coefficient (Wildman–Crippen LogP) is 3.15. The molecule has 2 aromatic carbocycles. The lowest BCUT2D eigenvalue weighted by Gasteiger charge is -2.63. The second-order valence-corrected chi connectivity index (χ2v) is 17.6. The van der Waals surface area contributed by atoms with Crippen molar-refractivity contribution in [2.75, 3.05) is 51.8 Å². The molecule has 1 spiro atoms. The standard InChI is InChI=1S/C43H55N5O6/c1-6-39(52)21-26-22-42(25(3)49,34-28(13-17-47(23-26)24-39)27-11-8-9-12-31(27)45-34)30-19-29-32(20-33(30)54-5)46(4)36-41(29)15-18-48-16-10-14-40(7-2,35(41)48)37(50)43(36,53)38(44)51/h8-12,14,19-20,26,35-37,45,50,52-53H,6-7,13,15-18,21-24H2,1-5H3,(H2,44,51)/t26-,35-,36+,37+,39-,40+,41+,42-,43?/m0/s1. The van der Waals surface area contributed by atoms with Crippen molar-refractivity contribution in [2.24, 2.45) is 17.1 Å². The summed E-state index contributed by atoms with van der Waals surface area (Å²) in [6.45, 7) is 9.27. The Morgan fingerprint density at radius 1 is 1.06 bits per heavy atom. The Morgan fingerprint density at radius 2 is 1.83 bits per heavy atom. The van der Waals surface area contributed by atoms with Crippen molar-refractivity contribution in [1.82, 2.24) is 14.8 Å². The topological polar surface area (TPSA) is 156 Å². The molecule has 6 N–H and O–H groups in total. The SMILES string of the molecule is CC[C@]1(O)C[C@@H]2CN(CCc3c([nH]c4ccccc34)[C@@](C(C)=O)(c3cc4c(cc3OC)N(C)[C@H]3C(O)(C(N)=O)[C@H](O)[C@]5(CC)C=CCN6CC[C@]43[C@@H]65)C2)C1. The van der Waals surface area contributed by atoms with Crippen LogP contribution in [-0.2, 0) is 26.8 Å². The predicted molar refractivity (Wildman–Crippen MR) is 207 cm³/mol. The Morgan fingerprint density at radius 3 is 2.54 bits per heavy atom. The van der Waals surface area contributed by atoms with E-state index in [2.05, 4.69) is 33.0 Å². The number of likely N-dealkylation sites (N-methyl/N-ethyl adjacent to an activating group) is 1. The Balaban J connectivity index is 1.35. The van der Waals surface area contributed by atoms with E-state index in [0.717, 1.165) is 52.1 Å². The van der Waals surface area contributed by atoms with E-state index in [-0.39, 0.29) is 17.7 Å². The number of anilines is 1. The van der Waals surface area contributed by atoms with Crippen LogP contribution in [0.15, 0.2) is 48.6 Å². The number of para-hydroxylation sites is 1. The summed E-state index contributed by atoms with van der Waals surface area (Å²) < 4.78 is 6.33. The largest absolute Gasteiger partial charge is 0.496 e. The van der Waals surface area contributed by atoms with Gasteiger partial charge in [0.1, 0.15) is 17.6 Å². The first-order chi connectivity index (χ1) is 25.8. The minimum Gasteiger partial charge on any atom is -0.496 e. The number of aromatic nitrogens is 1. The molecule has 11 nitrogen and oxygen atoms in total. The van der Waals surface area contributed by atoms with Gasteiger partial charge < -0.3 is 35.7 Å². The van der Waals surface area contributed by atoms with Crippen LogP contribution in [-0.4, -0.2) is 118 Å². The molecule has 3 aromatic rings. The molecule has 6 aliphatic rings. The van der Waals surface area contributed by atoms with Gasteiger partial charge in [0.15, 0.2) is 5.60 Å². The zero-order valence-electron chi connectivity index (χ0n) is 32.2. The molecular weight excluding hydrogens is 683 g/mol. The number of piperidine rings is 1. The van der Waals surface area contributed by atoms with Gasteiger partial charge in [0.25, 0.3) is 5.91 Å². The van der Waals surface area contributed by atoms with Crippen LogP contribution >= 0.6 is 0 Å². The van der Waals surface area contributed by atoms with E-state index in [1.807, 2.05) is 56.1 Å². The fourth-order valence-corrected chi connectivity index (χ4v) is 13.1. The van der Waals surface area contributed by atoms with Gasteiger partial charge in [0, 0.05) is 84.0 Å². The van der Waals surface area contributed by atoms with E-state index in [9.17, 15) is 20.1 Å². The van der Waals surface area contributed by atoms with Gasteiger partial charge in [-0.1, -0.05) is 44.2 Å². The fourth-order valence-electron chi connectivity index (χ4n) is 13.1. The van der Waals surface area contributed by atoms with Crippen molar-refractivity contribution in [3.8, 4) is 5.75 Å². The molecule has 11 heteroatoms. The zero-order valence-corrected chi connectivity index (χ0v) is 32.2. The summed E-state index contributed by atoms with van der Waals surface area (Å²) in [5.41, 5.74) is 5.49. The molecule has 1 aliphatic carbocycles. The maximum Gasteiger partial charge on any atom is 0.254 e. The highest BCUT2D eigenvalue weighted by molar-refractivity contribution is 5.97. The number of aliphatic hydroxyl groups excluding tert-OH is 1. The summed E-state index contributed by atoms with van der Waals surface area (Å²) in [5, 5.41) is 38.0. The number of nitrogens with two attached hydrogens (primary N) is 1. The summed E-state index contributed by atoms with van der Waals surface area (Å²) >= 11 is 0. The van der Waals surface area contributed by atoms with Crippen molar-refractivity contribution >= 4 is 28.3 Å². The lowest BCUT2D eigenvalue weighted by Crippen LogP contribution is -2.81. The van der Waals surface area contributed by atoms with E-state index in [1.165, 1.54) is 0 Å². The number of aromatic amines is 1. The van der Waals surface area contributed by atoms with E-state index >= 15 is 4.79 Å². The number of hydrogen-bond donors (Lipinski definition) is 5. The Labute approximate surface area is 317 Å². The molecule has 2 saturated heterocycles. The van der Waals surface area contributed by atoms with Crippen LogP contribution in [0.2, 0.25) is 0 Å². The number of rotatable bonds is 6. The summed E-state index contributed by atoms with van der Waals surface area (Å²) in [4.78, 5) is 39.2. The molecule has 1 aromatic heterocycles. The van der Waals surface area contributed by atoms with Gasteiger partial charge in [-0.05, 0) is 81.2 Å². The molecule has 0 radical (unpaired) electrons. The van der Waals surface area contributed by atoms with Gasteiger partial charge >= 0.3 is 0 Å². The first-order valence-electron chi connectivity index (χ1n) is 19.9. The van der Waals surface area contributed by atoms with Crippen LogP contribution in [0.3, 0.4) is 0 Å². The lowest BCUT2D eigenvalue weighted by atomic mass is 9.47. The fraction of sp³-hybridized carbons (Fsp3) is 0.581. The first-order valence-corrected chi connectivity index (χ1v) is 19.9. The smallest absolute Gasteiger partial charge is 0.254 e. The summed E-state index contributed by atoms with van der Waals surface area (Å²) in [6, 6.07) is 11.3. The average Bonchev–Trinajstić information content (AvgIpc) is 3.82. The molecule has 1 saturated carbocycles. The van der Waals surface area contributed by atoms with Crippen molar-refractivity contribution in [3.05, 3.63) is 70.9 Å². The number of fused-ring (bicyclic) bond motifs is 6. The number of nitrogens with one attached hydrogen (secondary N) is 1. The monoisotopic (exact) mass is 737 g/mol. The summed E-state index contributed by atoms with van der Waals surface area (Å²) in [6.07, 6.45) is 6.12. The Bertz CT molecular complexity index is 2100. The lowest BCUT2D eigenvalue weighted by molar-refractivity contribution is -0.201. The molecule has 6 heterocycles. The van der Waals surface area contributed by atoms with Gasteiger partial charge in [0.05, 0.1) is 24.2 Å². The number of ether oxygens (including phenoxy) is 1. The van der Waals surface area contributed by atoms with Crippen molar-refractivity contribution in [3.63, 3.8) is 0 Å². The third kappa shape index (κ3) is 4.30. The Hall–Kier alpha value is -3.74. The summed E-state index contributed by atoms with van der Waals surface area (Å²) in [5.74, 6) is -0.424. The van der Waals surface area contributed by atoms with Gasteiger partial charge in [0.2, 0.25) is 0 Å². The van der Waals surface area contributed by atoms with Gasteiger partial charge in [-0.2, -0.15) is 0 Å². The number of primary amides is 1. The van der Waals surface area contributed by atoms with Crippen molar-refractivity contribution < 1.29 is 29.6 Å². The van der Waals surface area contributed by atoms with Crippen LogP contribution in [0.5, 0.6) is 5.75 Å². The van der Waals surface area contributed by atoms with Gasteiger partial charge in [-0.25, -0.2) is 0 Å². The van der Waals surface area contributed by atoms with E-state index in [1.54, 1.807) is 14.0 Å². The maximum absolute atomic E-state index is 15.1. The van der Waals surface area contributed by atoms with Gasteiger partial charge in [-0.3, -0.25) is 19.4 Å². The number of aliphatic hydroxyl groups is 3. The molecule has 2 unspecified atom stereocenters. The third-order valence-corrected chi connectivity index (χ3v) is 15.3. The first kappa shape index (κ1) is 35.9. The Kier molecular flexibility index (Phi) is 7.91.